The Balaban J connectivity index is 2.33. The van der Waals surface area contributed by atoms with Crippen molar-refractivity contribution in [2.24, 2.45) is 5.92 Å². The molecule has 0 aliphatic heterocycles. The molecule has 0 fully saturated rings. The Hall–Kier alpha value is -1.62. The lowest BCUT2D eigenvalue weighted by molar-refractivity contribution is 0.0481. The smallest absolute Gasteiger partial charge is 0.320 e. The molecule has 1 aromatic heterocycles. The molecule has 0 aliphatic carbocycles. The summed E-state index contributed by atoms with van der Waals surface area (Å²) in [5, 5.41) is 15.4. The third-order valence-corrected chi connectivity index (χ3v) is 2.80. The summed E-state index contributed by atoms with van der Waals surface area (Å²) in [4.78, 5) is 15.6. The summed E-state index contributed by atoms with van der Waals surface area (Å²) in [6.45, 7) is 6.17. The normalized spacial score (nSPS) is 13.9. The molecule has 2 amide bonds. The first-order chi connectivity index (χ1) is 8.89. The van der Waals surface area contributed by atoms with Gasteiger partial charge < -0.3 is 10.4 Å². The van der Waals surface area contributed by atoms with Gasteiger partial charge in [0.05, 0.1) is 5.60 Å². The number of aromatic nitrogens is 1. The molecule has 1 aromatic rings. The van der Waals surface area contributed by atoms with Gasteiger partial charge in [-0.1, -0.05) is 19.9 Å². The second kappa shape index (κ2) is 7.09. The lowest BCUT2D eigenvalue weighted by Crippen LogP contribution is -2.42. The van der Waals surface area contributed by atoms with Crippen LogP contribution in [0.1, 0.15) is 33.6 Å². The number of pyridine rings is 1. The standard InChI is InChI=1S/C14H23N3O2/c1-11(2)7-8-14(3,19)10-16-13(18)17-12-6-4-5-9-15-12/h4-6,9,11,19H,7-8,10H2,1-3H3,(H2,15,16,17,18). The van der Waals surface area contributed by atoms with Crippen LogP contribution in [0.25, 0.3) is 0 Å². The van der Waals surface area contributed by atoms with Gasteiger partial charge in [-0.05, 0) is 37.8 Å². The molecule has 0 bridgehead atoms. The number of nitrogens with one attached hydrogen (secondary N) is 2. The van der Waals surface area contributed by atoms with Crippen LogP contribution in [-0.4, -0.2) is 28.3 Å². The van der Waals surface area contributed by atoms with Crippen LogP contribution in [0, 0.1) is 5.92 Å². The molecule has 1 atom stereocenters. The number of carbonyl (C=O) groups is 1. The van der Waals surface area contributed by atoms with Crippen molar-refractivity contribution >= 4 is 11.8 Å². The second-order valence-electron chi connectivity index (χ2n) is 5.45. The van der Waals surface area contributed by atoms with E-state index >= 15 is 0 Å². The Kier molecular flexibility index (Phi) is 5.76. The zero-order valence-electron chi connectivity index (χ0n) is 11.8. The molecule has 19 heavy (non-hydrogen) atoms. The summed E-state index contributed by atoms with van der Waals surface area (Å²) < 4.78 is 0. The minimum Gasteiger partial charge on any atom is -0.388 e. The van der Waals surface area contributed by atoms with Crippen LogP contribution in [0.2, 0.25) is 0 Å². The van der Waals surface area contributed by atoms with Crippen LogP contribution in [0.4, 0.5) is 10.6 Å². The Morgan fingerprint density at radius 2 is 2.21 bits per heavy atom. The van der Waals surface area contributed by atoms with Crippen molar-refractivity contribution in [1.29, 1.82) is 0 Å². The third-order valence-electron chi connectivity index (χ3n) is 2.80. The highest BCUT2D eigenvalue weighted by molar-refractivity contribution is 5.88. The molecular formula is C14H23N3O2. The van der Waals surface area contributed by atoms with Gasteiger partial charge in [-0.3, -0.25) is 5.32 Å². The molecule has 106 valence electrons. The van der Waals surface area contributed by atoms with Crippen molar-refractivity contribution in [2.75, 3.05) is 11.9 Å². The SMILES string of the molecule is CC(C)CCC(C)(O)CNC(=O)Nc1ccccn1. The van der Waals surface area contributed by atoms with Crippen LogP contribution in [0.15, 0.2) is 24.4 Å². The maximum Gasteiger partial charge on any atom is 0.320 e. The zero-order valence-corrected chi connectivity index (χ0v) is 11.8. The fraction of sp³-hybridized carbons (Fsp3) is 0.571. The number of hydrogen-bond acceptors (Lipinski definition) is 3. The van der Waals surface area contributed by atoms with E-state index in [0.29, 0.717) is 18.2 Å². The van der Waals surface area contributed by atoms with Gasteiger partial charge >= 0.3 is 6.03 Å². The quantitative estimate of drug-likeness (QED) is 0.739. The summed E-state index contributed by atoms with van der Waals surface area (Å²) >= 11 is 0. The lowest BCUT2D eigenvalue weighted by Gasteiger charge is -2.24. The number of amides is 2. The van der Waals surface area contributed by atoms with Gasteiger partial charge in [0.1, 0.15) is 5.82 Å². The maximum absolute atomic E-state index is 11.6. The van der Waals surface area contributed by atoms with E-state index < -0.39 is 5.60 Å². The number of nitrogens with zero attached hydrogens (tertiary/aromatic N) is 1. The van der Waals surface area contributed by atoms with Crippen molar-refractivity contribution < 1.29 is 9.90 Å². The highest BCUT2D eigenvalue weighted by Gasteiger charge is 2.21. The van der Waals surface area contributed by atoms with Crippen molar-refractivity contribution in [3.05, 3.63) is 24.4 Å². The minimum absolute atomic E-state index is 0.221. The third kappa shape index (κ3) is 6.76. The van der Waals surface area contributed by atoms with Gasteiger partial charge in [-0.15, -0.1) is 0 Å². The number of rotatable bonds is 6. The molecule has 0 spiro atoms. The highest BCUT2D eigenvalue weighted by atomic mass is 16.3. The van der Waals surface area contributed by atoms with Gasteiger partial charge in [0.2, 0.25) is 0 Å². The van der Waals surface area contributed by atoms with E-state index in [1.54, 1.807) is 31.3 Å². The Morgan fingerprint density at radius 3 is 2.79 bits per heavy atom. The zero-order chi connectivity index (χ0) is 14.3. The topological polar surface area (TPSA) is 74.2 Å². The van der Waals surface area contributed by atoms with Gasteiger partial charge in [0.25, 0.3) is 0 Å². The molecule has 1 rings (SSSR count). The summed E-state index contributed by atoms with van der Waals surface area (Å²) in [6, 6.07) is 4.92. The number of anilines is 1. The van der Waals surface area contributed by atoms with Gasteiger partial charge in [0.15, 0.2) is 0 Å². The van der Waals surface area contributed by atoms with Crippen LogP contribution in [0.3, 0.4) is 0 Å². The van der Waals surface area contributed by atoms with Crippen LogP contribution in [-0.2, 0) is 0 Å². The highest BCUT2D eigenvalue weighted by Crippen LogP contribution is 2.15. The van der Waals surface area contributed by atoms with E-state index in [9.17, 15) is 9.90 Å². The first kappa shape index (κ1) is 15.4. The van der Waals surface area contributed by atoms with Gasteiger partial charge in [0, 0.05) is 12.7 Å². The van der Waals surface area contributed by atoms with Crippen molar-refractivity contribution in [1.82, 2.24) is 10.3 Å². The largest absolute Gasteiger partial charge is 0.388 e. The molecule has 3 N–H and O–H groups in total. The average Bonchev–Trinajstić information content (AvgIpc) is 2.36. The fourth-order valence-corrected chi connectivity index (χ4v) is 1.56. The number of urea groups is 1. The van der Waals surface area contributed by atoms with E-state index in [0.717, 1.165) is 6.42 Å². The van der Waals surface area contributed by atoms with E-state index in [1.165, 1.54) is 0 Å². The van der Waals surface area contributed by atoms with Crippen molar-refractivity contribution in [3.63, 3.8) is 0 Å². The molecular weight excluding hydrogens is 242 g/mol. The number of carbonyl (C=O) groups excluding carboxylic acids is 1. The Bertz CT molecular complexity index is 391. The maximum atomic E-state index is 11.6. The predicted octanol–water partition coefficient (Wildman–Crippen LogP) is 2.39. The first-order valence-electron chi connectivity index (χ1n) is 6.57. The number of aliphatic hydroxyl groups is 1. The monoisotopic (exact) mass is 265 g/mol. The molecule has 5 heteroatoms. The molecule has 0 aliphatic rings. The summed E-state index contributed by atoms with van der Waals surface area (Å²) in [5.41, 5.74) is -0.883. The molecule has 0 saturated heterocycles. The molecule has 5 nitrogen and oxygen atoms in total. The van der Waals surface area contributed by atoms with Crippen molar-refractivity contribution in [3.8, 4) is 0 Å². The molecule has 0 radical (unpaired) electrons. The molecule has 1 heterocycles. The van der Waals surface area contributed by atoms with Crippen LogP contribution in [0.5, 0.6) is 0 Å². The summed E-state index contributed by atoms with van der Waals surface area (Å²) in [7, 11) is 0. The predicted molar refractivity (Wildman–Crippen MR) is 76.0 cm³/mol. The van der Waals surface area contributed by atoms with E-state index in [4.69, 9.17) is 0 Å². The van der Waals surface area contributed by atoms with Gasteiger partial charge in [-0.2, -0.15) is 0 Å². The van der Waals surface area contributed by atoms with Crippen molar-refractivity contribution in [2.45, 2.75) is 39.2 Å². The Labute approximate surface area is 114 Å². The van der Waals surface area contributed by atoms with Gasteiger partial charge in [-0.25, -0.2) is 9.78 Å². The molecule has 1 unspecified atom stereocenters. The second-order valence-corrected chi connectivity index (χ2v) is 5.45. The van der Waals surface area contributed by atoms with E-state index in [-0.39, 0.29) is 12.6 Å². The molecule has 0 aromatic carbocycles. The van der Waals surface area contributed by atoms with E-state index in [2.05, 4.69) is 29.5 Å². The lowest BCUT2D eigenvalue weighted by atomic mass is 9.95. The summed E-state index contributed by atoms with van der Waals surface area (Å²) in [6.07, 6.45) is 3.19. The van der Waals surface area contributed by atoms with Crippen LogP contribution < -0.4 is 10.6 Å². The van der Waals surface area contributed by atoms with Crippen LogP contribution >= 0.6 is 0 Å². The summed E-state index contributed by atoms with van der Waals surface area (Å²) in [5.74, 6) is 1.02. The Morgan fingerprint density at radius 1 is 1.47 bits per heavy atom. The minimum atomic E-state index is -0.883. The van der Waals surface area contributed by atoms with E-state index in [1.807, 2.05) is 0 Å². The average molecular weight is 265 g/mol. The fourth-order valence-electron chi connectivity index (χ4n) is 1.56. The molecule has 0 saturated carbocycles. The number of hydrogen-bond donors (Lipinski definition) is 3. The first-order valence-corrected chi connectivity index (χ1v) is 6.57.